The summed E-state index contributed by atoms with van der Waals surface area (Å²) in [5, 5.41) is 3.23. The molecule has 0 fully saturated rings. The van der Waals surface area contributed by atoms with Gasteiger partial charge in [-0.15, -0.1) is 0 Å². The molecule has 0 saturated carbocycles. The summed E-state index contributed by atoms with van der Waals surface area (Å²) in [6.45, 7) is 3.43. The van der Waals surface area contributed by atoms with E-state index < -0.39 is 8.80 Å². The molecule has 0 bridgehead atoms. The molecular weight excluding hydrogens is 240 g/mol. The first-order valence-electron chi connectivity index (χ1n) is 5.88. The average Bonchev–Trinajstić information content (AvgIpc) is 2.37. The highest BCUT2D eigenvalue weighted by molar-refractivity contribution is 6.60. The second kappa shape index (κ2) is 11.1. The van der Waals surface area contributed by atoms with Gasteiger partial charge in [0.1, 0.15) is 0 Å². The third-order valence-corrected chi connectivity index (χ3v) is 5.24. The number of nitrogens with two attached hydrogens (primary N) is 1. The summed E-state index contributed by atoms with van der Waals surface area (Å²) in [7, 11) is 2.42. The Morgan fingerprint density at radius 3 is 2.29 bits per heavy atom. The molecule has 0 aromatic carbocycles. The van der Waals surface area contributed by atoms with Gasteiger partial charge in [-0.1, -0.05) is 0 Å². The Morgan fingerprint density at radius 1 is 1.06 bits per heavy atom. The molecule has 7 heteroatoms. The standard InChI is InChI=1S/C10H26N2O4Si/c1-13-8-9-16-17(14-2,15-3)10-4-6-12-7-5-11/h12H,4-11H2,1-3H3. The zero-order valence-corrected chi connectivity index (χ0v) is 12.2. The van der Waals surface area contributed by atoms with E-state index in [4.69, 9.17) is 23.7 Å². The molecule has 0 aliphatic rings. The van der Waals surface area contributed by atoms with Gasteiger partial charge in [0, 0.05) is 40.5 Å². The summed E-state index contributed by atoms with van der Waals surface area (Å²) < 4.78 is 21.5. The van der Waals surface area contributed by atoms with Crippen LogP contribution in [0.1, 0.15) is 6.42 Å². The van der Waals surface area contributed by atoms with Crippen LogP contribution in [-0.2, 0) is 18.0 Å². The van der Waals surface area contributed by atoms with E-state index >= 15 is 0 Å². The molecule has 0 unspecified atom stereocenters. The fourth-order valence-electron chi connectivity index (χ4n) is 1.41. The SMILES string of the molecule is COCCO[Si](CCCNCCN)(OC)OC. The van der Waals surface area contributed by atoms with Gasteiger partial charge in [0.2, 0.25) is 0 Å². The van der Waals surface area contributed by atoms with Crippen molar-refractivity contribution >= 4 is 8.80 Å². The fourth-order valence-corrected chi connectivity index (χ4v) is 3.37. The molecule has 0 heterocycles. The minimum absolute atomic E-state index is 0.501. The van der Waals surface area contributed by atoms with Gasteiger partial charge in [-0.25, -0.2) is 0 Å². The Morgan fingerprint density at radius 2 is 1.76 bits per heavy atom. The van der Waals surface area contributed by atoms with Gasteiger partial charge in [-0.3, -0.25) is 0 Å². The topological polar surface area (TPSA) is 75.0 Å². The van der Waals surface area contributed by atoms with E-state index in [2.05, 4.69) is 5.32 Å². The Hall–Kier alpha value is -0.0231. The summed E-state index contributed by atoms with van der Waals surface area (Å²) in [6, 6.07) is 0.793. The third kappa shape index (κ3) is 7.82. The number of nitrogens with one attached hydrogen (secondary N) is 1. The maximum atomic E-state index is 5.69. The largest absolute Gasteiger partial charge is 0.500 e. The second-order valence-electron chi connectivity index (χ2n) is 3.57. The maximum absolute atomic E-state index is 5.69. The van der Waals surface area contributed by atoms with Gasteiger partial charge < -0.3 is 29.1 Å². The minimum Gasteiger partial charge on any atom is -0.382 e. The van der Waals surface area contributed by atoms with Crippen molar-refractivity contribution in [2.45, 2.75) is 12.5 Å². The third-order valence-electron chi connectivity index (χ3n) is 2.39. The van der Waals surface area contributed by atoms with E-state index in [9.17, 15) is 0 Å². The molecule has 0 radical (unpaired) electrons. The fraction of sp³-hybridized carbons (Fsp3) is 1.00. The molecule has 0 aromatic heterocycles. The van der Waals surface area contributed by atoms with Gasteiger partial charge in [-0.2, -0.15) is 0 Å². The number of rotatable bonds is 12. The lowest BCUT2D eigenvalue weighted by atomic mass is 10.5. The van der Waals surface area contributed by atoms with Crippen molar-refractivity contribution in [1.82, 2.24) is 5.32 Å². The zero-order chi connectivity index (χ0) is 13.0. The molecule has 6 nitrogen and oxygen atoms in total. The van der Waals surface area contributed by atoms with Crippen molar-refractivity contribution in [2.24, 2.45) is 5.73 Å². The van der Waals surface area contributed by atoms with Crippen molar-refractivity contribution in [3.05, 3.63) is 0 Å². The summed E-state index contributed by atoms with van der Waals surface area (Å²) in [6.07, 6.45) is 0.945. The van der Waals surface area contributed by atoms with Crippen LogP contribution in [0.2, 0.25) is 6.04 Å². The smallest absolute Gasteiger partial charge is 0.382 e. The number of hydrogen-bond acceptors (Lipinski definition) is 6. The molecule has 0 aliphatic heterocycles. The van der Waals surface area contributed by atoms with E-state index in [-0.39, 0.29) is 0 Å². The predicted molar refractivity (Wildman–Crippen MR) is 68.9 cm³/mol. The lowest BCUT2D eigenvalue weighted by molar-refractivity contribution is 0.0658. The van der Waals surface area contributed by atoms with Crippen molar-refractivity contribution < 1.29 is 18.0 Å². The monoisotopic (exact) mass is 266 g/mol. The molecule has 0 aliphatic carbocycles. The molecule has 0 spiro atoms. The molecule has 17 heavy (non-hydrogen) atoms. The Balaban J connectivity index is 3.85. The van der Waals surface area contributed by atoms with Crippen molar-refractivity contribution in [2.75, 3.05) is 54.2 Å². The van der Waals surface area contributed by atoms with E-state index in [0.717, 1.165) is 25.6 Å². The van der Waals surface area contributed by atoms with Crippen LogP contribution in [0.15, 0.2) is 0 Å². The number of methoxy groups -OCH3 is 1. The van der Waals surface area contributed by atoms with E-state index in [1.165, 1.54) is 0 Å². The van der Waals surface area contributed by atoms with Gasteiger partial charge in [0.15, 0.2) is 0 Å². The molecule has 104 valence electrons. The van der Waals surface area contributed by atoms with Crippen LogP contribution in [0.3, 0.4) is 0 Å². The molecule has 0 aromatic rings. The highest BCUT2D eigenvalue weighted by atomic mass is 28.4. The van der Waals surface area contributed by atoms with Crippen molar-refractivity contribution in [3.8, 4) is 0 Å². The zero-order valence-electron chi connectivity index (χ0n) is 11.2. The summed E-state index contributed by atoms with van der Waals surface area (Å²) >= 11 is 0. The summed E-state index contributed by atoms with van der Waals surface area (Å²) in [5.41, 5.74) is 5.39. The maximum Gasteiger partial charge on any atom is 0.500 e. The molecule has 3 N–H and O–H groups in total. The molecule has 0 saturated heterocycles. The van der Waals surface area contributed by atoms with Crippen LogP contribution in [0.4, 0.5) is 0 Å². The van der Waals surface area contributed by atoms with Gasteiger partial charge >= 0.3 is 8.80 Å². The van der Waals surface area contributed by atoms with Crippen molar-refractivity contribution in [3.63, 3.8) is 0 Å². The van der Waals surface area contributed by atoms with E-state index in [0.29, 0.717) is 19.8 Å². The van der Waals surface area contributed by atoms with Crippen LogP contribution >= 0.6 is 0 Å². The van der Waals surface area contributed by atoms with E-state index in [1.807, 2.05) is 0 Å². The van der Waals surface area contributed by atoms with Crippen LogP contribution in [0.25, 0.3) is 0 Å². The van der Waals surface area contributed by atoms with Gasteiger partial charge in [0.25, 0.3) is 0 Å². The first-order chi connectivity index (χ1) is 8.24. The van der Waals surface area contributed by atoms with Crippen LogP contribution < -0.4 is 11.1 Å². The number of ether oxygens (including phenoxy) is 1. The van der Waals surface area contributed by atoms with Gasteiger partial charge in [0.05, 0.1) is 13.2 Å². The number of hydrogen-bond donors (Lipinski definition) is 2. The van der Waals surface area contributed by atoms with Crippen LogP contribution in [0, 0.1) is 0 Å². The van der Waals surface area contributed by atoms with Crippen molar-refractivity contribution in [1.29, 1.82) is 0 Å². The van der Waals surface area contributed by atoms with Crippen LogP contribution in [0.5, 0.6) is 0 Å². The highest BCUT2D eigenvalue weighted by Gasteiger charge is 2.38. The second-order valence-corrected chi connectivity index (χ2v) is 6.55. The van der Waals surface area contributed by atoms with Crippen LogP contribution in [-0.4, -0.2) is 63.0 Å². The van der Waals surface area contributed by atoms with E-state index in [1.54, 1.807) is 21.3 Å². The predicted octanol–water partition coefficient (Wildman–Crippen LogP) is -0.180. The average molecular weight is 266 g/mol. The van der Waals surface area contributed by atoms with Gasteiger partial charge in [-0.05, 0) is 13.0 Å². The Bertz CT molecular complexity index is 170. The summed E-state index contributed by atoms with van der Waals surface area (Å²) in [4.78, 5) is 0. The Kier molecular flexibility index (Phi) is 11.1. The Labute approximate surface area is 105 Å². The normalized spacial score (nSPS) is 12.0. The molecule has 0 rings (SSSR count). The first-order valence-corrected chi connectivity index (χ1v) is 7.82. The summed E-state index contributed by atoms with van der Waals surface area (Å²) in [5.74, 6) is 0. The quantitative estimate of drug-likeness (QED) is 0.377. The molecular formula is C10H26N2O4Si. The lowest BCUT2D eigenvalue weighted by Gasteiger charge is -2.26. The first kappa shape index (κ1) is 17.0. The highest BCUT2D eigenvalue weighted by Crippen LogP contribution is 2.15. The lowest BCUT2D eigenvalue weighted by Crippen LogP contribution is -2.45. The molecule has 0 amide bonds. The minimum atomic E-state index is -2.49. The molecule has 0 atom stereocenters.